The molecule has 2 rings (SSSR count). The molecule has 3 nitrogen and oxygen atoms in total. The molecule has 0 saturated heterocycles. The van der Waals surface area contributed by atoms with E-state index in [2.05, 4.69) is 48.5 Å². The van der Waals surface area contributed by atoms with Gasteiger partial charge in [0.05, 0.1) is 10.7 Å². The van der Waals surface area contributed by atoms with E-state index >= 15 is 0 Å². The first kappa shape index (κ1) is 15.1. The van der Waals surface area contributed by atoms with Gasteiger partial charge >= 0.3 is 0 Å². The highest BCUT2D eigenvalue weighted by Crippen LogP contribution is 2.27. The maximum Gasteiger partial charge on any atom is 0.0939 e. The standard InChI is InChI=1S/C16H23N3S/c1-11-6-7-12(2)14(8-11)15(17-4)10-20-16-9-13(3)18-19(16)5/h6-9,15,17H,10H2,1-5H3. The summed E-state index contributed by atoms with van der Waals surface area (Å²) in [5.74, 6) is 1.000. The van der Waals surface area contributed by atoms with Crippen molar-refractivity contribution in [1.29, 1.82) is 0 Å². The molecule has 4 heteroatoms. The Morgan fingerprint density at radius 1 is 1.25 bits per heavy atom. The van der Waals surface area contributed by atoms with Crippen molar-refractivity contribution in [1.82, 2.24) is 15.1 Å². The van der Waals surface area contributed by atoms with Gasteiger partial charge in [0.1, 0.15) is 0 Å². The van der Waals surface area contributed by atoms with Crippen LogP contribution in [0.2, 0.25) is 0 Å². The zero-order valence-corrected chi connectivity index (χ0v) is 13.7. The number of nitrogens with one attached hydrogen (secondary N) is 1. The lowest BCUT2D eigenvalue weighted by atomic mass is 10.0. The summed E-state index contributed by atoms with van der Waals surface area (Å²) in [6, 6.07) is 9.15. The van der Waals surface area contributed by atoms with Gasteiger partial charge in [0.15, 0.2) is 0 Å². The molecule has 1 unspecified atom stereocenters. The van der Waals surface area contributed by atoms with E-state index in [-0.39, 0.29) is 0 Å². The molecule has 0 amide bonds. The van der Waals surface area contributed by atoms with Crippen LogP contribution in [0, 0.1) is 20.8 Å². The van der Waals surface area contributed by atoms with Crippen molar-refractivity contribution in [2.45, 2.75) is 31.8 Å². The average molecular weight is 289 g/mol. The van der Waals surface area contributed by atoms with Crippen molar-refractivity contribution in [2.24, 2.45) is 7.05 Å². The Hall–Kier alpha value is -1.26. The van der Waals surface area contributed by atoms with Gasteiger partial charge in [0.2, 0.25) is 0 Å². The third kappa shape index (κ3) is 3.44. The van der Waals surface area contributed by atoms with Crippen molar-refractivity contribution in [2.75, 3.05) is 12.8 Å². The van der Waals surface area contributed by atoms with Crippen LogP contribution in [0.5, 0.6) is 0 Å². The van der Waals surface area contributed by atoms with E-state index < -0.39 is 0 Å². The number of aryl methyl sites for hydroxylation is 4. The van der Waals surface area contributed by atoms with E-state index in [1.807, 2.05) is 37.5 Å². The van der Waals surface area contributed by atoms with Crippen molar-refractivity contribution in [3.63, 3.8) is 0 Å². The van der Waals surface area contributed by atoms with Crippen molar-refractivity contribution < 1.29 is 0 Å². The maximum atomic E-state index is 4.39. The fraction of sp³-hybridized carbons (Fsp3) is 0.438. The lowest BCUT2D eigenvalue weighted by Crippen LogP contribution is -2.20. The van der Waals surface area contributed by atoms with Crippen LogP contribution in [0.3, 0.4) is 0 Å². The van der Waals surface area contributed by atoms with E-state index in [0.717, 1.165) is 11.4 Å². The van der Waals surface area contributed by atoms with Crippen LogP contribution < -0.4 is 5.32 Å². The SMILES string of the molecule is CNC(CSc1cc(C)nn1C)c1cc(C)ccc1C. The Kier molecular flexibility index (Phi) is 4.89. The second kappa shape index (κ2) is 6.46. The van der Waals surface area contributed by atoms with E-state index in [1.165, 1.54) is 21.7 Å². The molecule has 0 saturated carbocycles. The average Bonchev–Trinajstić information content (AvgIpc) is 2.72. The van der Waals surface area contributed by atoms with Crippen LogP contribution in [0.1, 0.15) is 28.4 Å². The zero-order chi connectivity index (χ0) is 14.7. The first-order chi connectivity index (χ1) is 9.51. The Bertz CT molecular complexity index is 589. The van der Waals surface area contributed by atoms with Gasteiger partial charge in [-0.2, -0.15) is 5.10 Å². The quantitative estimate of drug-likeness (QED) is 0.856. The van der Waals surface area contributed by atoms with Crippen LogP contribution in [0.4, 0.5) is 0 Å². The minimum absolute atomic E-state index is 0.357. The molecule has 0 radical (unpaired) electrons. The molecule has 0 aliphatic carbocycles. The molecule has 1 aromatic carbocycles. The van der Waals surface area contributed by atoms with E-state index in [9.17, 15) is 0 Å². The predicted molar refractivity (Wildman–Crippen MR) is 86.4 cm³/mol. The molecule has 1 N–H and O–H groups in total. The number of rotatable bonds is 5. The Morgan fingerprint density at radius 2 is 2.00 bits per heavy atom. The lowest BCUT2D eigenvalue weighted by Gasteiger charge is -2.19. The Labute approximate surface area is 125 Å². The predicted octanol–water partition coefficient (Wildman–Crippen LogP) is 3.40. The highest BCUT2D eigenvalue weighted by atomic mass is 32.2. The molecule has 0 fully saturated rings. The molecule has 1 aromatic heterocycles. The van der Waals surface area contributed by atoms with E-state index in [4.69, 9.17) is 0 Å². The highest BCUT2D eigenvalue weighted by molar-refractivity contribution is 7.99. The molecule has 0 bridgehead atoms. The molecule has 0 spiro atoms. The van der Waals surface area contributed by atoms with Crippen LogP contribution >= 0.6 is 11.8 Å². The van der Waals surface area contributed by atoms with Gasteiger partial charge in [-0.3, -0.25) is 4.68 Å². The second-order valence-electron chi connectivity index (χ2n) is 5.26. The van der Waals surface area contributed by atoms with Gasteiger partial charge in [-0.05, 0) is 45.0 Å². The number of hydrogen-bond donors (Lipinski definition) is 1. The van der Waals surface area contributed by atoms with Gasteiger partial charge in [-0.25, -0.2) is 0 Å². The first-order valence-electron chi connectivity index (χ1n) is 6.89. The molecule has 2 aromatic rings. The summed E-state index contributed by atoms with van der Waals surface area (Å²) in [7, 11) is 4.03. The molecular weight excluding hydrogens is 266 g/mol. The summed E-state index contributed by atoms with van der Waals surface area (Å²) in [5.41, 5.74) is 5.12. The lowest BCUT2D eigenvalue weighted by molar-refractivity contribution is 0.652. The van der Waals surface area contributed by atoms with Crippen LogP contribution in [0.15, 0.2) is 29.3 Å². The minimum Gasteiger partial charge on any atom is -0.312 e. The monoisotopic (exact) mass is 289 g/mol. The number of benzene rings is 1. The molecule has 0 aliphatic rings. The van der Waals surface area contributed by atoms with Crippen molar-refractivity contribution in [3.8, 4) is 0 Å². The minimum atomic E-state index is 0.357. The fourth-order valence-corrected chi connectivity index (χ4v) is 3.52. The molecule has 108 valence electrons. The second-order valence-corrected chi connectivity index (χ2v) is 6.30. The Morgan fingerprint density at radius 3 is 2.60 bits per heavy atom. The topological polar surface area (TPSA) is 29.9 Å². The Balaban J connectivity index is 2.13. The molecule has 1 heterocycles. The first-order valence-corrected chi connectivity index (χ1v) is 7.87. The van der Waals surface area contributed by atoms with Gasteiger partial charge < -0.3 is 5.32 Å². The van der Waals surface area contributed by atoms with Gasteiger partial charge in [-0.15, -0.1) is 11.8 Å². The van der Waals surface area contributed by atoms with Gasteiger partial charge in [0, 0.05) is 18.8 Å². The van der Waals surface area contributed by atoms with Gasteiger partial charge in [0.25, 0.3) is 0 Å². The number of thioether (sulfide) groups is 1. The smallest absolute Gasteiger partial charge is 0.0939 e. The third-order valence-corrected chi connectivity index (χ3v) is 4.69. The number of nitrogens with zero attached hydrogens (tertiary/aromatic N) is 2. The molecule has 20 heavy (non-hydrogen) atoms. The number of hydrogen-bond acceptors (Lipinski definition) is 3. The highest BCUT2D eigenvalue weighted by Gasteiger charge is 2.14. The molecule has 0 aliphatic heterocycles. The van der Waals surface area contributed by atoms with E-state index in [0.29, 0.717) is 6.04 Å². The van der Waals surface area contributed by atoms with Gasteiger partial charge in [-0.1, -0.05) is 23.8 Å². The normalized spacial score (nSPS) is 12.7. The van der Waals surface area contributed by atoms with Crippen LogP contribution in [-0.2, 0) is 7.05 Å². The van der Waals surface area contributed by atoms with Crippen LogP contribution in [-0.4, -0.2) is 22.6 Å². The van der Waals surface area contributed by atoms with Crippen molar-refractivity contribution >= 4 is 11.8 Å². The molecular formula is C16H23N3S. The zero-order valence-electron chi connectivity index (χ0n) is 12.9. The summed E-state index contributed by atoms with van der Waals surface area (Å²) in [4.78, 5) is 0. The molecule has 1 atom stereocenters. The summed E-state index contributed by atoms with van der Waals surface area (Å²) < 4.78 is 1.95. The maximum absolute atomic E-state index is 4.39. The summed E-state index contributed by atoms with van der Waals surface area (Å²) in [6.45, 7) is 6.36. The largest absolute Gasteiger partial charge is 0.312 e. The van der Waals surface area contributed by atoms with Crippen LogP contribution in [0.25, 0.3) is 0 Å². The summed E-state index contributed by atoms with van der Waals surface area (Å²) >= 11 is 1.85. The third-order valence-electron chi connectivity index (χ3n) is 3.52. The summed E-state index contributed by atoms with van der Waals surface area (Å²) in [6.07, 6.45) is 0. The number of aromatic nitrogens is 2. The van der Waals surface area contributed by atoms with Crippen molar-refractivity contribution in [3.05, 3.63) is 46.6 Å². The fourth-order valence-electron chi connectivity index (χ4n) is 2.35. The van der Waals surface area contributed by atoms with E-state index in [1.54, 1.807) is 0 Å². The summed E-state index contributed by atoms with van der Waals surface area (Å²) in [5, 5.41) is 9.04.